The molecule has 1 aromatic rings. The zero-order valence-corrected chi connectivity index (χ0v) is 11.0. The van der Waals surface area contributed by atoms with Crippen molar-refractivity contribution in [2.24, 2.45) is 0 Å². The van der Waals surface area contributed by atoms with E-state index >= 15 is 0 Å². The summed E-state index contributed by atoms with van der Waals surface area (Å²) in [6, 6.07) is 2.35. The molecule has 6 heteroatoms. The first-order valence-corrected chi connectivity index (χ1v) is 6.28. The summed E-state index contributed by atoms with van der Waals surface area (Å²) in [5.74, 6) is 0.325. The van der Waals surface area contributed by atoms with Crippen LogP contribution in [0.5, 0.6) is 0 Å². The van der Waals surface area contributed by atoms with Gasteiger partial charge >= 0.3 is 12.1 Å². The van der Waals surface area contributed by atoms with Gasteiger partial charge in [0.25, 0.3) is 0 Å². The van der Waals surface area contributed by atoms with Gasteiger partial charge in [-0.3, -0.25) is 4.90 Å². The lowest BCUT2D eigenvalue weighted by Gasteiger charge is -2.26. The third kappa shape index (κ3) is 2.57. The van der Waals surface area contributed by atoms with Crippen LogP contribution in [-0.2, 0) is 9.53 Å². The van der Waals surface area contributed by atoms with Gasteiger partial charge in [-0.1, -0.05) is 0 Å². The Morgan fingerprint density at radius 2 is 2.21 bits per heavy atom. The van der Waals surface area contributed by atoms with Gasteiger partial charge in [0.1, 0.15) is 17.6 Å². The maximum atomic E-state index is 11.9. The highest BCUT2D eigenvalue weighted by Crippen LogP contribution is 2.37. The molecule has 0 aromatic carbocycles. The number of hydrogen-bond acceptors (Lipinski definition) is 4. The van der Waals surface area contributed by atoms with E-state index < -0.39 is 18.1 Å². The molecule has 1 N–H and O–H groups in total. The Bertz CT molecular complexity index is 481. The van der Waals surface area contributed by atoms with Crippen LogP contribution in [0.25, 0.3) is 0 Å². The molecule has 19 heavy (non-hydrogen) atoms. The molecule has 1 saturated heterocycles. The highest BCUT2D eigenvalue weighted by molar-refractivity contribution is 5.81. The molecule has 6 nitrogen and oxygen atoms in total. The van der Waals surface area contributed by atoms with Gasteiger partial charge in [-0.15, -0.1) is 0 Å². The van der Waals surface area contributed by atoms with E-state index in [0.717, 1.165) is 5.76 Å². The Balaban J connectivity index is 2.27. The van der Waals surface area contributed by atoms with Gasteiger partial charge in [0, 0.05) is 0 Å². The van der Waals surface area contributed by atoms with Crippen molar-refractivity contribution < 1.29 is 23.8 Å². The number of hydrogen-bond donors (Lipinski definition) is 1. The van der Waals surface area contributed by atoms with Gasteiger partial charge in [-0.25, -0.2) is 9.59 Å². The molecule has 1 aromatic heterocycles. The van der Waals surface area contributed by atoms with Crippen LogP contribution in [0.4, 0.5) is 4.79 Å². The van der Waals surface area contributed by atoms with E-state index in [2.05, 4.69) is 0 Å². The van der Waals surface area contributed by atoms with Crippen molar-refractivity contribution in [1.29, 1.82) is 0 Å². The van der Waals surface area contributed by atoms with Crippen molar-refractivity contribution in [3.05, 3.63) is 23.7 Å². The molecular weight excluding hydrogens is 250 g/mol. The van der Waals surface area contributed by atoms with Crippen molar-refractivity contribution >= 4 is 12.1 Å². The zero-order valence-electron chi connectivity index (χ0n) is 11.0. The molecule has 1 aliphatic rings. The zero-order chi connectivity index (χ0) is 14.0. The SMILES string of the molecule is CCOC(=O)N1[C@@H](c2ccc(C)o2)CC[C@H]1C(=O)O. The summed E-state index contributed by atoms with van der Waals surface area (Å²) >= 11 is 0. The number of carbonyl (C=O) groups is 2. The van der Waals surface area contributed by atoms with Crippen molar-refractivity contribution in [1.82, 2.24) is 4.90 Å². The Kier molecular flexibility index (Phi) is 3.78. The Labute approximate surface area is 110 Å². The number of amides is 1. The minimum atomic E-state index is -1.01. The summed E-state index contributed by atoms with van der Waals surface area (Å²) in [5, 5.41) is 9.19. The first-order valence-electron chi connectivity index (χ1n) is 6.28. The largest absolute Gasteiger partial charge is 0.480 e. The average Bonchev–Trinajstić information content (AvgIpc) is 2.94. The van der Waals surface area contributed by atoms with Gasteiger partial charge < -0.3 is 14.3 Å². The molecule has 0 spiro atoms. The number of aliphatic carboxylic acids is 1. The Morgan fingerprint density at radius 1 is 1.47 bits per heavy atom. The van der Waals surface area contributed by atoms with Crippen LogP contribution in [0, 0.1) is 6.92 Å². The van der Waals surface area contributed by atoms with Gasteiger partial charge in [0.05, 0.1) is 12.6 Å². The molecule has 104 valence electrons. The molecule has 0 saturated carbocycles. The van der Waals surface area contributed by atoms with Gasteiger partial charge in [0.2, 0.25) is 0 Å². The lowest BCUT2D eigenvalue weighted by atomic mass is 10.1. The Hall–Kier alpha value is -1.98. The maximum Gasteiger partial charge on any atom is 0.411 e. The van der Waals surface area contributed by atoms with Crippen molar-refractivity contribution in [2.75, 3.05) is 6.61 Å². The molecule has 0 unspecified atom stereocenters. The standard InChI is InChI=1S/C13H17NO5/c1-3-18-13(17)14-9(5-6-10(14)12(15)16)11-7-4-8(2)19-11/h4,7,9-10H,3,5-6H2,1-2H3,(H,15,16)/t9-,10+/m1/s1. The second-order valence-corrected chi connectivity index (χ2v) is 4.50. The molecular formula is C13H17NO5. The summed E-state index contributed by atoms with van der Waals surface area (Å²) < 4.78 is 10.5. The van der Waals surface area contributed by atoms with Crippen molar-refractivity contribution in [3.63, 3.8) is 0 Å². The number of carboxylic acid groups (broad SMARTS) is 1. The van der Waals surface area contributed by atoms with E-state index in [-0.39, 0.29) is 12.6 Å². The number of furan rings is 1. The minimum Gasteiger partial charge on any atom is -0.480 e. The average molecular weight is 267 g/mol. The third-order valence-corrected chi connectivity index (χ3v) is 3.24. The van der Waals surface area contributed by atoms with Crippen molar-refractivity contribution in [3.8, 4) is 0 Å². The number of carbonyl (C=O) groups excluding carboxylic acids is 1. The van der Waals surface area contributed by atoms with E-state index in [1.807, 2.05) is 6.92 Å². The highest BCUT2D eigenvalue weighted by atomic mass is 16.6. The minimum absolute atomic E-state index is 0.214. The normalized spacial score (nSPS) is 22.5. The second-order valence-electron chi connectivity index (χ2n) is 4.50. The van der Waals surface area contributed by atoms with Crippen LogP contribution >= 0.6 is 0 Å². The molecule has 2 heterocycles. The summed E-state index contributed by atoms with van der Waals surface area (Å²) in [4.78, 5) is 24.4. The lowest BCUT2D eigenvalue weighted by Crippen LogP contribution is -2.42. The van der Waals surface area contributed by atoms with Crippen LogP contribution in [0.2, 0.25) is 0 Å². The number of carboxylic acids is 1. The van der Waals surface area contributed by atoms with Gasteiger partial charge in [-0.05, 0) is 38.8 Å². The summed E-state index contributed by atoms with van der Waals surface area (Å²) in [6.45, 7) is 3.71. The fraction of sp³-hybridized carbons (Fsp3) is 0.538. The van der Waals surface area contributed by atoms with Crippen LogP contribution in [0.15, 0.2) is 16.5 Å². The molecule has 0 aliphatic carbocycles. The lowest BCUT2D eigenvalue weighted by molar-refractivity contribution is -0.142. The van der Waals surface area contributed by atoms with E-state index in [0.29, 0.717) is 18.6 Å². The van der Waals surface area contributed by atoms with E-state index in [4.69, 9.17) is 9.15 Å². The summed E-state index contributed by atoms with van der Waals surface area (Å²) in [5.41, 5.74) is 0. The topological polar surface area (TPSA) is 80.0 Å². The smallest absolute Gasteiger partial charge is 0.411 e. The second kappa shape index (κ2) is 5.34. The van der Waals surface area contributed by atoms with Gasteiger partial charge in [-0.2, -0.15) is 0 Å². The fourth-order valence-corrected chi connectivity index (χ4v) is 2.42. The molecule has 2 atom stereocenters. The number of ether oxygens (including phenoxy) is 1. The molecule has 1 aliphatic heterocycles. The predicted molar refractivity (Wildman–Crippen MR) is 65.7 cm³/mol. The third-order valence-electron chi connectivity index (χ3n) is 3.24. The van der Waals surface area contributed by atoms with Crippen LogP contribution in [0.3, 0.4) is 0 Å². The first kappa shape index (κ1) is 13.5. The quantitative estimate of drug-likeness (QED) is 0.909. The maximum absolute atomic E-state index is 11.9. The molecule has 0 radical (unpaired) electrons. The molecule has 1 fully saturated rings. The van der Waals surface area contributed by atoms with E-state index in [1.165, 1.54) is 4.90 Å². The van der Waals surface area contributed by atoms with Crippen LogP contribution in [0.1, 0.15) is 37.3 Å². The Morgan fingerprint density at radius 3 is 2.74 bits per heavy atom. The van der Waals surface area contributed by atoms with E-state index in [9.17, 15) is 14.7 Å². The predicted octanol–water partition coefficient (Wildman–Crippen LogP) is 2.33. The fourth-order valence-electron chi connectivity index (χ4n) is 2.42. The molecule has 1 amide bonds. The van der Waals surface area contributed by atoms with Gasteiger partial charge in [0.15, 0.2) is 0 Å². The number of likely N-dealkylation sites (tertiary alicyclic amines) is 1. The molecule has 0 bridgehead atoms. The summed E-state index contributed by atoms with van der Waals surface area (Å²) in [6.07, 6.45) is 0.354. The van der Waals surface area contributed by atoms with Crippen molar-refractivity contribution in [2.45, 2.75) is 38.8 Å². The van der Waals surface area contributed by atoms with E-state index in [1.54, 1.807) is 19.1 Å². The first-order chi connectivity index (χ1) is 9.04. The number of nitrogens with zero attached hydrogens (tertiary/aromatic N) is 1. The molecule has 2 rings (SSSR count). The highest BCUT2D eigenvalue weighted by Gasteiger charge is 2.43. The number of rotatable bonds is 3. The monoisotopic (exact) mass is 267 g/mol. The summed E-state index contributed by atoms with van der Waals surface area (Å²) in [7, 11) is 0. The van der Waals surface area contributed by atoms with Crippen LogP contribution in [-0.4, -0.2) is 34.7 Å². The van der Waals surface area contributed by atoms with Crippen LogP contribution < -0.4 is 0 Å². The number of aryl methyl sites for hydroxylation is 1.